The predicted molar refractivity (Wildman–Crippen MR) is 94.0 cm³/mol. The third-order valence-corrected chi connectivity index (χ3v) is 4.08. The minimum Gasteiger partial charge on any atom is -0.508 e. The number of aryl methyl sites for hydroxylation is 3. The summed E-state index contributed by atoms with van der Waals surface area (Å²) in [4.78, 5) is 10.6. The molecular weight excluding hydrogens is 304 g/mol. The van der Waals surface area contributed by atoms with Crippen molar-refractivity contribution < 1.29 is 19.7 Å². The molecule has 24 heavy (non-hydrogen) atoms. The molecule has 0 spiro atoms. The first-order valence-corrected chi connectivity index (χ1v) is 8.16. The van der Waals surface area contributed by atoms with Crippen LogP contribution < -0.4 is 4.74 Å². The summed E-state index contributed by atoms with van der Waals surface area (Å²) < 4.78 is 5.27. The van der Waals surface area contributed by atoms with Crippen molar-refractivity contribution in [2.45, 2.75) is 40.0 Å². The molecule has 0 saturated carbocycles. The Balaban J connectivity index is 2.23. The second-order valence-electron chi connectivity index (χ2n) is 6.11. The molecule has 2 aromatic carbocycles. The topological polar surface area (TPSA) is 66.8 Å². The van der Waals surface area contributed by atoms with Gasteiger partial charge in [0.1, 0.15) is 11.5 Å². The van der Waals surface area contributed by atoms with Crippen LogP contribution in [0.3, 0.4) is 0 Å². The SMILES string of the molecule is CCCc1cc(Cc2c(C)cc(OCC(=O)O)cc2C)ccc1O. The highest BCUT2D eigenvalue weighted by Gasteiger charge is 2.10. The first-order valence-electron chi connectivity index (χ1n) is 8.16. The molecule has 0 atom stereocenters. The summed E-state index contributed by atoms with van der Waals surface area (Å²) in [5, 5.41) is 18.6. The standard InChI is InChI=1S/C20H24O4/c1-4-5-16-10-15(6-7-19(16)21)11-18-13(2)8-17(9-14(18)3)24-12-20(22)23/h6-10,21H,4-5,11-12H2,1-3H3,(H,22,23). The van der Waals surface area contributed by atoms with Gasteiger partial charge in [0.15, 0.2) is 6.61 Å². The van der Waals surface area contributed by atoms with Gasteiger partial charge in [-0.3, -0.25) is 0 Å². The Morgan fingerprint density at radius 3 is 2.38 bits per heavy atom. The number of aromatic hydroxyl groups is 1. The first kappa shape index (κ1) is 17.9. The van der Waals surface area contributed by atoms with Crippen LogP contribution in [0.4, 0.5) is 0 Å². The van der Waals surface area contributed by atoms with Crippen molar-refractivity contribution in [3.8, 4) is 11.5 Å². The maximum Gasteiger partial charge on any atom is 0.341 e. The molecule has 2 rings (SSSR count). The zero-order chi connectivity index (χ0) is 17.7. The summed E-state index contributed by atoms with van der Waals surface area (Å²) in [5.74, 6) is -0.0538. The molecule has 0 aromatic heterocycles. The van der Waals surface area contributed by atoms with E-state index < -0.39 is 5.97 Å². The molecule has 0 aliphatic carbocycles. The van der Waals surface area contributed by atoms with Gasteiger partial charge in [0.2, 0.25) is 0 Å². The van der Waals surface area contributed by atoms with E-state index in [-0.39, 0.29) is 6.61 Å². The third-order valence-electron chi connectivity index (χ3n) is 4.08. The smallest absolute Gasteiger partial charge is 0.341 e. The maximum atomic E-state index is 10.6. The Kier molecular flexibility index (Phi) is 5.85. The highest BCUT2D eigenvalue weighted by Crippen LogP contribution is 2.26. The predicted octanol–water partition coefficient (Wildman–Crippen LogP) is 4.02. The molecule has 0 amide bonds. The summed E-state index contributed by atoms with van der Waals surface area (Å²) in [6.07, 6.45) is 2.62. The van der Waals surface area contributed by atoms with E-state index in [2.05, 4.69) is 13.0 Å². The van der Waals surface area contributed by atoms with Crippen LogP contribution in [0.25, 0.3) is 0 Å². The van der Waals surface area contributed by atoms with Crippen LogP contribution in [0.2, 0.25) is 0 Å². The number of aliphatic carboxylic acids is 1. The lowest BCUT2D eigenvalue weighted by molar-refractivity contribution is -0.139. The molecular formula is C20H24O4. The normalized spacial score (nSPS) is 10.6. The van der Waals surface area contributed by atoms with E-state index in [1.54, 1.807) is 6.07 Å². The van der Waals surface area contributed by atoms with E-state index in [1.807, 2.05) is 32.0 Å². The molecule has 0 fully saturated rings. The van der Waals surface area contributed by atoms with Crippen LogP contribution in [0.5, 0.6) is 11.5 Å². The zero-order valence-corrected chi connectivity index (χ0v) is 14.4. The van der Waals surface area contributed by atoms with Gasteiger partial charge in [0, 0.05) is 0 Å². The molecule has 0 aliphatic heterocycles. The fraction of sp³-hybridized carbons (Fsp3) is 0.350. The lowest BCUT2D eigenvalue weighted by atomic mass is 9.94. The van der Waals surface area contributed by atoms with Crippen molar-refractivity contribution in [1.82, 2.24) is 0 Å². The van der Waals surface area contributed by atoms with Gasteiger partial charge < -0.3 is 14.9 Å². The number of phenols is 1. The molecule has 2 N–H and O–H groups in total. The van der Waals surface area contributed by atoms with Gasteiger partial charge in [0.25, 0.3) is 0 Å². The van der Waals surface area contributed by atoms with Crippen molar-refractivity contribution in [2.24, 2.45) is 0 Å². The van der Waals surface area contributed by atoms with Crippen LogP contribution in [0.15, 0.2) is 30.3 Å². The molecule has 0 bridgehead atoms. The van der Waals surface area contributed by atoms with E-state index in [4.69, 9.17) is 9.84 Å². The third kappa shape index (κ3) is 4.51. The van der Waals surface area contributed by atoms with Crippen molar-refractivity contribution >= 4 is 5.97 Å². The highest BCUT2D eigenvalue weighted by molar-refractivity contribution is 5.68. The van der Waals surface area contributed by atoms with Crippen LogP contribution in [-0.4, -0.2) is 22.8 Å². The Morgan fingerprint density at radius 2 is 1.79 bits per heavy atom. The number of carboxylic acids is 1. The second kappa shape index (κ2) is 7.86. The number of hydrogen-bond acceptors (Lipinski definition) is 3. The van der Waals surface area contributed by atoms with Crippen molar-refractivity contribution in [3.05, 3.63) is 58.1 Å². The van der Waals surface area contributed by atoms with Crippen molar-refractivity contribution in [3.63, 3.8) is 0 Å². The summed E-state index contributed by atoms with van der Waals surface area (Å²) in [6, 6.07) is 9.52. The van der Waals surface area contributed by atoms with Crippen LogP contribution >= 0.6 is 0 Å². The molecule has 0 radical (unpaired) electrons. The van der Waals surface area contributed by atoms with E-state index in [0.29, 0.717) is 11.5 Å². The average molecular weight is 328 g/mol. The number of ether oxygens (including phenoxy) is 1. The average Bonchev–Trinajstić information content (AvgIpc) is 2.52. The summed E-state index contributed by atoms with van der Waals surface area (Å²) in [5.41, 5.74) is 5.47. The number of carboxylic acid groups (broad SMARTS) is 1. The fourth-order valence-corrected chi connectivity index (χ4v) is 2.88. The van der Waals surface area contributed by atoms with Gasteiger partial charge in [-0.2, -0.15) is 0 Å². The molecule has 0 heterocycles. The molecule has 0 unspecified atom stereocenters. The first-order chi connectivity index (χ1) is 11.4. The number of hydrogen-bond donors (Lipinski definition) is 2. The number of phenolic OH excluding ortho intramolecular Hbond substituents is 1. The van der Waals surface area contributed by atoms with Gasteiger partial charge in [-0.05, 0) is 72.7 Å². The lowest BCUT2D eigenvalue weighted by Crippen LogP contribution is -2.10. The molecule has 4 nitrogen and oxygen atoms in total. The Labute approximate surface area is 142 Å². The van der Waals surface area contributed by atoms with Gasteiger partial charge in [-0.15, -0.1) is 0 Å². The van der Waals surface area contributed by atoms with E-state index in [1.165, 1.54) is 5.56 Å². The van der Waals surface area contributed by atoms with Gasteiger partial charge in [-0.1, -0.05) is 25.5 Å². The molecule has 2 aromatic rings. The quantitative estimate of drug-likeness (QED) is 0.806. The zero-order valence-electron chi connectivity index (χ0n) is 14.4. The van der Waals surface area contributed by atoms with Gasteiger partial charge in [-0.25, -0.2) is 4.79 Å². The summed E-state index contributed by atoms with van der Waals surface area (Å²) in [6.45, 7) is 5.76. The Morgan fingerprint density at radius 1 is 1.12 bits per heavy atom. The molecule has 128 valence electrons. The number of rotatable bonds is 7. The summed E-state index contributed by atoms with van der Waals surface area (Å²) >= 11 is 0. The van der Waals surface area contributed by atoms with Crippen LogP contribution in [-0.2, 0) is 17.6 Å². The molecule has 4 heteroatoms. The second-order valence-corrected chi connectivity index (χ2v) is 6.11. The molecule has 0 saturated heterocycles. The van der Waals surface area contributed by atoms with E-state index in [0.717, 1.165) is 41.5 Å². The highest BCUT2D eigenvalue weighted by atomic mass is 16.5. The monoisotopic (exact) mass is 328 g/mol. The van der Waals surface area contributed by atoms with Crippen LogP contribution in [0, 0.1) is 13.8 Å². The van der Waals surface area contributed by atoms with Crippen LogP contribution in [0.1, 0.15) is 41.2 Å². The fourth-order valence-electron chi connectivity index (χ4n) is 2.88. The number of benzene rings is 2. The summed E-state index contributed by atoms with van der Waals surface area (Å²) in [7, 11) is 0. The van der Waals surface area contributed by atoms with Gasteiger partial charge >= 0.3 is 5.97 Å². The molecule has 0 aliphatic rings. The van der Waals surface area contributed by atoms with Crippen molar-refractivity contribution in [2.75, 3.05) is 6.61 Å². The Hall–Kier alpha value is -2.49. The number of carbonyl (C=O) groups is 1. The minimum atomic E-state index is -0.984. The minimum absolute atomic E-state index is 0.337. The van der Waals surface area contributed by atoms with Gasteiger partial charge in [0.05, 0.1) is 0 Å². The van der Waals surface area contributed by atoms with Crippen molar-refractivity contribution in [1.29, 1.82) is 0 Å². The Bertz CT molecular complexity index is 711. The largest absolute Gasteiger partial charge is 0.508 e. The van der Waals surface area contributed by atoms with E-state index >= 15 is 0 Å². The van der Waals surface area contributed by atoms with E-state index in [9.17, 15) is 9.90 Å². The lowest BCUT2D eigenvalue weighted by Gasteiger charge is -2.14. The maximum absolute atomic E-state index is 10.6.